The molecule has 0 amide bonds. The van der Waals surface area contributed by atoms with E-state index in [2.05, 4.69) is 47.4 Å². The van der Waals surface area contributed by atoms with Gasteiger partial charge in [0.1, 0.15) is 0 Å². The minimum Gasteiger partial charge on any atom is -0.367 e. The van der Waals surface area contributed by atoms with Crippen molar-refractivity contribution in [1.29, 1.82) is 0 Å². The molecule has 1 heterocycles. The molecule has 0 radical (unpaired) electrons. The van der Waals surface area contributed by atoms with E-state index in [9.17, 15) is 0 Å². The topological polar surface area (TPSA) is 28.2 Å². The van der Waals surface area contributed by atoms with Crippen molar-refractivity contribution in [3.05, 3.63) is 24.0 Å². The molecule has 2 aliphatic carbocycles. The van der Waals surface area contributed by atoms with Gasteiger partial charge in [0.05, 0.1) is 17.6 Å². The van der Waals surface area contributed by atoms with Crippen LogP contribution in [0.3, 0.4) is 0 Å². The minimum absolute atomic E-state index is 0.349. The lowest BCUT2D eigenvalue weighted by Gasteiger charge is -2.25. The van der Waals surface area contributed by atoms with E-state index in [4.69, 9.17) is 0 Å². The second kappa shape index (κ2) is 6.13. The Kier molecular flexibility index (Phi) is 4.25. The van der Waals surface area contributed by atoms with Gasteiger partial charge in [-0.2, -0.15) is 0 Å². The van der Waals surface area contributed by atoms with E-state index in [0.29, 0.717) is 6.04 Å². The third kappa shape index (κ3) is 3.51. The van der Waals surface area contributed by atoms with Gasteiger partial charge in [0.15, 0.2) is 0 Å². The van der Waals surface area contributed by atoms with Crippen LogP contribution in [0.1, 0.15) is 57.7 Å². The third-order valence-electron chi connectivity index (χ3n) is 4.39. The Labute approximate surface area is 122 Å². The first-order chi connectivity index (χ1) is 9.78. The summed E-state index contributed by atoms with van der Waals surface area (Å²) < 4.78 is 0. The molecule has 0 spiro atoms. The van der Waals surface area contributed by atoms with E-state index in [0.717, 1.165) is 24.2 Å². The molecule has 2 saturated carbocycles. The van der Waals surface area contributed by atoms with Crippen molar-refractivity contribution in [3.63, 3.8) is 0 Å². The molecule has 1 N–H and O–H groups in total. The summed E-state index contributed by atoms with van der Waals surface area (Å²) >= 11 is 0. The Hall–Kier alpha value is -1.09. The van der Waals surface area contributed by atoms with Gasteiger partial charge in [-0.25, -0.2) is 0 Å². The monoisotopic (exact) mass is 273 g/mol. The average Bonchev–Trinajstić information content (AvgIpc) is 3.36. The zero-order valence-electron chi connectivity index (χ0n) is 12.8. The molecule has 3 heteroatoms. The molecule has 0 saturated heterocycles. The van der Waals surface area contributed by atoms with Crippen LogP contribution in [0.15, 0.2) is 18.3 Å². The quantitative estimate of drug-likeness (QED) is 0.785. The van der Waals surface area contributed by atoms with E-state index < -0.39 is 0 Å². The SMILES string of the molecule is CCCNC(C)c1ccc(N(CC2CC2)C2CC2)cn1. The molecule has 0 aliphatic heterocycles. The normalized spacial score (nSPS) is 19.9. The lowest BCUT2D eigenvalue weighted by Crippen LogP contribution is -2.28. The van der Waals surface area contributed by atoms with Crippen LogP contribution in [0.5, 0.6) is 0 Å². The molecule has 1 aromatic rings. The summed E-state index contributed by atoms with van der Waals surface area (Å²) in [5.41, 5.74) is 2.48. The summed E-state index contributed by atoms with van der Waals surface area (Å²) in [5, 5.41) is 3.50. The number of hydrogen-bond donors (Lipinski definition) is 1. The second-order valence-corrected chi connectivity index (χ2v) is 6.44. The van der Waals surface area contributed by atoms with Crippen LogP contribution in [0, 0.1) is 5.92 Å². The first kappa shape index (κ1) is 13.9. The maximum Gasteiger partial charge on any atom is 0.0572 e. The zero-order valence-corrected chi connectivity index (χ0v) is 12.8. The van der Waals surface area contributed by atoms with E-state index in [1.54, 1.807) is 0 Å². The van der Waals surface area contributed by atoms with Crippen LogP contribution in [0.4, 0.5) is 5.69 Å². The number of nitrogens with zero attached hydrogens (tertiary/aromatic N) is 2. The number of anilines is 1. The molecule has 2 aliphatic rings. The van der Waals surface area contributed by atoms with Gasteiger partial charge in [-0.15, -0.1) is 0 Å². The Bertz CT molecular complexity index is 420. The molecule has 0 bridgehead atoms. The highest BCUT2D eigenvalue weighted by Crippen LogP contribution is 2.37. The summed E-state index contributed by atoms with van der Waals surface area (Å²) in [5.74, 6) is 0.945. The highest BCUT2D eigenvalue weighted by molar-refractivity contribution is 5.47. The van der Waals surface area contributed by atoms with Gasteiger partial charge in [-0.05, 0) is 63.6 Å². The number of pyridine rings is 1. The predicted molar refractivity (Wildman–Crippen MR) is 84.0 cm³/mol. The smallest absolute Gasteiger partial charge is 0.0572 e. The highest BCUT2D eigenvalue weighted by Gasteiger charge is 2.33. The van der Waals surface area contributed by atoms with Crippen molar-refractivity contribution in [2.24, 2.45) is 5.92 Å². The van der Waals surface area contributed by atoms with E-state index in [-0.39, 0.29) is 0 Å². The molecule has 1 unspecified atom stereocenters. The number of nitrogens with one attached hydrogen (secondary N) is 1. The third-order valence-corrected chi connectivity index (χ3v) is 4.39. The summed E-state index contributed by atoms with van der Waals surface area (Å²) in [6.07, 6.45) is 8.82. The van der Waals surface area contributed by atoms with Gasteiger partial charge in [-0.3, -0.25) is 4.98 Å². The maximum atomic E-state index is 4.69. The van der Waals surface area contributed by atoms with Crippen LogP contribution in [-0.2, 0) is 0 Å². The number of aromatic nitrogens is 1. The standard InChI is InChI=1S/C17H27N3/c1-3-10-18-13(2)17-9-8-16(11-19-17)20(15-6-7-15)12-14-4-5-14/h8-9,11,13-15,18H,3-7,10,12H2,1-2H3. The van der Waals surface area contributed by atoms with Gasteiger partial charge in [-0.1, -0.05) is 6.92 Å². The Balaban J connectivity index is 1.64. The Morgan fingerprint density at radius 3 is 2.65 bits per heavy atom. The van der Waals surface area contributed by atoms with E-state index in [1.165, 1.54) is 44.3 Å². The lowest BCUT2D eigenvalue weighted by atomic mass is 10.2. The van der Waals surface area contributed by atoms with Crippen molar-refractivity contribution >= 4 is 5.69 Å². The van der Waals surface area contributed by atoms with Gasteiger partial charge in [0.2, 0.25) is 0 Å². The van der Waals surface area contributed by atoms with Crippen LogP contribution >= 0.6 is 0 Å². The van der Waals surface area contributed by atoms with Crippen molar-refractivity contribution in [3.8, 4) is 0 Å². The van der Waals surface area contributed by atoms with Crippen LogP contribution < -0.4 is 10.2 Å². The van der Waals surface area contributed by atoms with Gasteiger partial charge in [0.25, 0.3) is 0 Å². The van der Waals surface area contributed by atoms with Crippen LogP contribution in [0.25, 0.3) is 0 Å². The van der Waals surface area contributed by atoms with Gasteiger partial charge >= 0.3 is 0 Å². The average molecular weight is 273 g/mol. The lowest BCUT2D eigenvalue weighted by molar-refractivity contribution is 0.558. The van der Waals surface area contributed by atoms with Crippen molar-refractivity contribution in [2.75, 3.05) is 18.0 Å². The summed E-state index contributed by atoms with van der Waals surface area (Å²) in [7, 11) is 0. The van der Waals surface area contributed by atoms with E-state index in [1.807, 2.05) is 0 Å². The zero-order chi connectivity index (χ0) is 13.9. The number of rotatable bonds is 8. The first-order valence-corrected chi connectivity index (χ1v) is 8.24. The highest BCUT2D eigenvalue weighted by atomic mass is 15.2. The summed E-state index contributed by atoms with van der Waals surface area (Å²) in [6, 6.07) is 5.61. The fourth-order valence-corrected chi connectivity index (χ4v) is 2.72. The van der Waals surface area contributed by atoms with Gasteiger partial charge in [0, 0.05) is 18.6 Å². The molecule has 110 valence electrons. The fourth-order valence-electron chi connectivity index (χ4n) is 2.72. The largest absolute Gasteiger partial charge is 0.367 e. The minimum atomic E-state index is 0.349. The van der Waals surface area contributed by atoms with E-state index >= 15 is 0 Å². The molecular weight excluding hydrogens is 246 g/mol. The Morgan fingerprint density at radius 2 is 2.10 bits per heavy atom. The first-order valence-electron chi connectivity index (χ1n) is 8.24. The van der Waals surface area contributed by atoms with Crippen molar-refractivity contribution in [1.82, 2.24) is 10.3 Å². The second-order valence-electron chi connectivity index (χ2n) is 6.44. The molecule has 3 rings (SSSR count). The molecular formula is C17H27N3. The van der Waals surface area contributed by atoms with Gasteiger partial charge < -0.3 is 10.2 Å². The maximum absolute atomic E-state index is 4.69. The summed E-state index contributed by atoms with van der Waals surface area (Å²) in [6.45, 7) is 6.69. The summed E-state index contributed by atoms with van der Waals surface area (Å²) in [4.78, 5) is 7.28. The number of hydrogen-bond acceptors (Lipinski definition) is 3. The fraction of sp³-hybridized carbons (Fsp3) is 0.706. The van der Waals surface area contributed by atoms with Crippen LogP contribution in [0.2, 0.25) is 0 Å². The van der Waals surface area contributed by atoms with Crippen molar-refractivity contribution < 1.29 is 0 Å². The molecule has 0 aromatic carbocycles. The van der Waals surface area contributed by atoms with Crippen molar-refractivity contribution in [2.45, 2.75) is 58.0 Å². The molecule has 1 atom stereocenters. The molecule has 3 nitrogen and oxygen atoms in total. The Morgan fingerprint density at radius 1 is 1.30 bits per heavy atom. The van der Waals surface area contributed by atoms with Crippen LogP contribution in [-0.4, -0.2) is 24.1 Å². The molecule has 20 heavy (non-hydrogen) atoms. The molecule has 1 aromatic heterocycles. The predicted octanol–water partition coefficient (Wildman–Crippen LogP) is 3.52. The molecule has 2 fully saturated rings.